The number of amides is 2. The average Bonchev–Trinajstić information content (AvgIpc) is 3.38. The molecule has 2 N–H and O–H groups in total. The lowest BCUT2D eigenvalue weighted by atomic mass is 10.0. The van der Waals surface area contributed by atoms with E-state index >= 15 is 0 Å². The first-order valence-corrected chi connectivity index (χ1v) is 9.59. The fraction of sp³-hybridized carbons (Fsp3) is 0.200. The summed E-state index contributed by atoms with van der Waals surface area (Å²) in [6, 6.07) is 12.1. The van der Waals surface area contributed by atoms with Crippen LogP contribution >= 0.6 is 11.3 Å². The minimum atomic E-state index is -2.96. The van der Waals surface area contributed by atoms with E-state index in [4.69, 9.17) is 4.42 Å². The monoisotopic (exact) mass is 420 g/mol. The Morgan fingerprint density at radius 2 is 1.90 bits per heavy atom. The Kier molecular flexibility index (Phi) is 6.61. The predicted molar refractivity (Wildman–Crippen MR) is 105 cm³/mol. The Labute approximate surface area is 169 Å². The largest absolute Gasteiger partial charge is 0.459 e. The number of carbonyl (C=O) groups is 2. The molecule has 0 aliphatic heterocycles. The Hall–Kier alpha value is -3.20. The zero-order chi connectivity index (χ0) is 20.8. The SMILES string of the molecule is CCC(NC(=O)c1ccc(NC(=O)c2ccco2)s1)c1ccccc1OC(F)F. The molecule has 9 heteroatoms. The molecule has 2 aromatic heterocycles. The molecular formula is C20H18F2N2O4S. The van der Waals surface area contributed by atoms with Crippen molar-refractivity contribution in [2.75, 3.05) is 5.32 Å². The van der Waals surface area contributed by atoms with Crippen molar-refractivity contribution in [1.82, 2.24) is 5.32 Å². The number of hydrogen-bond donors (Lipinski definition) is 2. The number of alkyl halides is 2. The fourth-order valence-electron chi connectivity index (χ4n) is 2.71. The molecule has 1 aromatic carbocycles. The third-order valence-electron chi connectivity index (χ3n) is 4.04. The zero-order valence-electron chi connectivity index (χ0n) is 15.4. The number of para-hydroxylation sites is 1. The molecule has 29 heavy (non-hydrogen) atoms. The smallest absolute Gasteiger partial charge is 0.387 e. The molecule has 0 bridgehead atoms. The second-order valence-corrected chi connectivity index (χ2v) is 7.03. The van der Waals surface area contributed by atoms with Gasteiger partial charge in [-0.1, -0.05) is 25.1 Å². The molecule has 3 aromatic rings. The molecule has 3 rings (SSSR count). The minimum Gasteiger partial charge on any atom is -0.459 e. The van der Waals surface area contributed by atoms with Gasteiger partial charge in [0.1, 0.15) is 5.75 Å². The van der Waals surface area contributed by atoms with Gasteiger partial charge in [0.15, 0.2) is 5.76 Å². The van der Waals surface area contributed by atoms with Gasteiger partial charge in [-0.15, -0.1) is 11.3 Å². The number of rotatable bonds is 8. The van der Waals surface area contributed by atoms with Crippen LogP contribution in [0.2, 0.25) is 0 Å². The van der Waals surface area contributed by atoms with E-state index in [-0.39, 0.29) is 17.4 Å². The van der Waals surface area contributed by atoms with E-state index in [1.54, 1.807) is 36.4 Å². The van der Waals surface area contributed by atoms with Gasteiger partial charge in [-0.2, -0.15) is 8.78 Å². The second-order valence-electron chi connectivity index (χ2n) is 5.95. The van der Waals surface area contributed by atoms with Crippen LogP contribution in [0.4, 0.5) is 13.8 Å². The van der Waals surface area contributed by atoms with Crippen LogP contribution in [0, 0.1) is 0 Å². The standard InChI is InChI=1S/C20H18F2N2O4S/c1-2-13(12-6-3-4-7-14(12)28-20(21)22)23-19(26)16-9-10-17(29-16)24-18(25)15-8-5-11-27-15/h3-11,13,20H,2H2,1H3,(H,23,26)(H,24,25). The lowest BCUT2D eigenvalue weighted by molar-refractivity contribution is -0.0507. The molecule has 0 saturated heterocycles. The summed E-state index contributed by atoms with van der Waals surface area (Å²) in [4.78, 5) is 25.0. The Morgan fingerprint density at radius 1 is 1.10 bits per heavy atom. The molecule has 6 nitrogen and oxygen atoms in total. The van der Waals surface area contributed by atoms with Crippen LogP contribution in [0.5, 0.6) is 5.75 Å². The lowest BCUT2D eigenvalue weighted by Gasteiger charge is -2.20. The molecule has 1 atom stereocenters. The summed E-state index contributed by atoms with van der Waals surface area (Å²) in [5, 5.41) is 5.95. The van der Waals surface area contributed by atoms with E-state index in [0.29, 0.717) is 21.9 Å². The molecule has 2 heterocycles. The molecule has 0 aliphatic carbocycles. The van der Waals surface area contributed by atoms with Crippen LogP contribution < -0.4 is 15.4 Å². The van der Waals surface area contributed by atoms with Crippen molar-refractivity contribution in [2.45, 2.75) is 26.0 Å². The number of hydrogen-bond acceptors (Lipinski definition) is 5. The molecule has 0 radical (unpaired) electrons. The first kappa shape index (κ1) is 20.5. The zero-order valence-corrected chi connectivity index (χ0v) is 16.2. The van der Waals surface area contributed by atoms with Crippen LogP contribution in [0.1, 0.15) is 45.2 Å². The van der Waals surface area contributed by atoms with E-state index in [1.165, 1.54) is 18.4 Å². The van der Waals surface area contributed by atoms with Gasteiger partial charge in [0.05, 0.1) is 22.2 Å². The number of thiophene rings is 1. The van der Waals surface area contributed by atoms with Crippen LogP contribution in [0.25, 0.3) is 0 Å². The molecule has 1 unspecified atom stereocenters. The van der Waals surface area contributed by atoms with Gasteiger partial charge in [0, 0.05) is 5.56 Å². The van der Waals surface area contributed by atoms with Crippen LogP contribution in [0.3, 0.4) is 0 Å². The molecule has 152 valence electrons. The van der Waals surface area contributed by atoms with Gasteiger partial charge < -0.3 is 19.8 Å². The van der Waals surface area contributed by atoms with Gasteiger partial charge in [0.2, 0.25) is 0 Å². The van der Waals surface area contributed by atoms with Gasteiger partial charge in [-0.3, -0.25) is 9.59 Å². The highest BCUT2D eigenvalue weighted by molar-refractivity contribution is 7.18. The maximum Gasteiger partial charge on any atom is 0.387 e. The van der Waals surface area contributed by atoms with Crippen molar-refractivity contribution >= 4 is 28.2 Å². The highest BCUT2D eigenvalue weighted by Gasteiger charge is 2.20. The molecule has 0 aliphatic rings. The van der Waals surface area contributed by atoms with Gasteiger partial charge in [-0.05, 0) is 36.8 Å². The van der Waals surface area contributed by atoms with Crippen LogP contribution in [-0.4, -0.2) is 18.4 Å². The molecule has 0 fully saturated rings. The van der Waals surface area contributed by atoms with E-state index in [9.17, 15) is 18.4 Å². The van der Waals surface area contributed by atoms with Crippen molar-refractivity contribution in [2.24, 2.45) is 0 Å². The van der Waals surface area contributed by atoms with E-state index in [1.807, 2.05) is 6.92 Å². The van der Waals surface area contributed by atoms with Crippen molar-refractivity contribution in [1.29, 1.82) is 0 Å². The Morgan fingerprint density at radius 3 is 2.59 bits per heavy atom. The molecule has 2 amide bonds. The third kappa shape index (κ3) is 5.20. The second kappa shape index (κ2) is 9.33. The van der Waals surface area contributed by atoms with Crippen LogP contribution in [-0.2, 0) is 0 Å². The van der Waals surface area contributed by atoms with E-state index in [2.05, 4.69) is 15.4 Å². The molecule has 0 saturated carbocycles. The number of halogens is 2. The maximum atomic E-state index is 12.7. The number of benzene rings is 1. The number of nitrogens with one attached hydrogen (secondary N) is 2. The van der Waals surface area contributed by atoms with Crippen LogP contribution in [0.15, 0.2) is 59.2 Å². The molecule has 0 spiro atoms. The number of anilines is 1. The lowest BCUT2D eigenvalue weighted by Crippen LogP contribution is -2.28. The van der Waals surface area contributed by atoms with Gasteiger partial charge >= 0.3 is 6.61 Å². The average molecular weight is 420 g/mol. The summed E-state index contributed by atoms with van der Waals surface area (Å²) in [7, 11) is 0. The summed E-state index contributed by atoms with van der Waals surface area (Å²) >= 11 is 1.09. The van der Waals surface area contributed by atoms with Gasteiger partial charge in [-0.25, -0.2) is 0 Å². The number of carbonyl (C=O) groups excluding carboxylic acids is 2. The summed E-state index contributed by atoms with van der Waals surface area (Å²) in [6.45, 7) is -1.13. The summed E-state index contributed by atoms with van der Waals surface area (Å²) < 4.78 is 34.9. The van der Waals surface area contributed by atoms with Crippen molar-refractivity contribution in [3.63, 3.8) is 0 Å². The van der Waals surface area contributed by atoms with Crippen molar-refractivity contribution in [3.8, 4) is 5.75 Å². The highest BCUT2D eigenvalue weighted by Crippen LogP contribution is 2.29. The Bertz CT molecular complexity index is 973. The Balaban J connectivity index is 1.69. The quantitative estimate of drug-likeness (QED) is 0.533. The number of furan rings is 1. The predicted octanol–water partition coefficient (Wildman–Crippen LogP) is 5.08. The van der Waals surface area contributed by atoms with Gasteiger partial charge in [0.25, 0.3) is 11.8 Å². The summed E-state index contributed by atoms with van der Waals surface area (Å²) in [6.07, 6.45) is 1.87. The first-order chi connectivity index (χ1) is 14.0. The minimum absolute atomic E-state index is 0.0206. The molecular weight excluding hydrogens is 402 g/mol. The van der Waals surface area contributed by atoms with E-state index in [0.717, 1.165) is 11.3 Å². The topological polar surface area (TPSA) is 80.6 Å². The highest BCUT2D eigenvalue weighted by atomic mass is 32.1. The number of ether oxygens (including phenoxy) is 1. The van der Waals surface area contributed by atoms with E-state index < -0.39 is 18.6 Å². The first-order valence-electron chi connectivity index (χ1n) is 8.77. The summed E-state index contributed by atoms with van der Waals surface area (Å²) in [5.74, 6) is -0.626. The van der Waals surface area contributed by atoms with Crippen molar-refractivity contribution < 1.29 is 27.5 Å². The fourth-order valence-corrected chi connectivity index (χ4v) is 3.51. The maximum absolute atomic E-state index is 12.7. The van der Waals surface area contributed by atoms with Crippen molar-refractivity contribution in [3.05, 3.63) is 71.0 Å². The normalized spacial score (nSPS) is 11.9. The third-order valence-corrected chi connectivity index (χ3v) is 5.03. The summed E-state index contributed by atoms with van der Waals surface area (Å²) in [5.41, 5.74) is 0.464.